The molecule has 0 aromatic heterocycles. The van der Waals surface area contributed by atoms with Crippen molar-refractivity contribution in [3.05, 3.63) is 0 Å². The SMILES string of the molecule is C.C.CC(=O)CC(=O)CC([NH3+])C(=O)O. The average molecular weight is 206 g/mol. The highest BCUT2D eigenvalue weighted by atomic mass is 16.4. The van der Waals surface area contributed by atoms with Crippen molar-refractivity contribution in [2.24, 2.45) is 0 Å². The molecular formula is C9H20NO4+. The Morgan fingerprint density at radius 1 is 1.29 bits per heavy atom. The van der Waals surface area contributed by atoms with Gasteiger partial charge in [-0.05, 0) is 6.92 Å². The molecule has 0 aliphatic rings. The predicted molar refractivity (Wildman–Crippen MR) is 52.7 cm³/mol. The molecule has 0 saturated heterocycles. The lowest BCUT2D eigenvalue weighted by Crippen LogP contribution is -2.65. The van der Waals surface area contributed by atoms with Crippen LogP contribution >= 0.6 is 0 Å². The Morgan fingerprint density at radius 2 is 1.71 bits per heavy atom. The first-order chi connectivity index (χ1) is 5.43. The van der Waals surface area contributed by atoms with Crippen molar-refractivity contribution in [1.82, 2.24) is 0 Å². The van der Waals surface area contributed by atoms with E-state index in [0.29, 0.717) is 0 Å². The number of carboxylic acids is 1. The Kier molecular flexibility index (Phi) is 11.1. The molecule has 4 N–H and O–H groups in total. The highest BCUT2D eigenvalue weighted by Crippen LogP contribution is 1.94. The molecule has 1 atom stereocenters. The maximum atomic E-state index is 10.8. The number of hydrogen-bond acceptors (Lipinski definition) is 3. The topological polar surface area (TPSA) is 99.1 Å². The van der Waals surface area contributed by atoms with Gasteiger partial charge in [-0.3, -0.25) is 9.59 Å². The van der Waals surface area contributed by atoms with Crippen LogP contribution in [0.3, 0.4) is 0 Å². The van der Waals surface area contributed by atoms with Gasteiger partial charge in [0.2, 0.25) is 0 Å². The van der Waals surface area contributed by atoms with Crippen molar-refractivity contribution in [2.45, 2.75) is 40.7 Å². The maximum Gasteiger partial charge on any atom is 0.362 e. The minimum Gasteiger partial charge on any atom is -0.477 e. The third-order valence-electron chi connectivity index (χ3n) is 1.27. The van der Waals surface area contributed by atoms with E-state index in [1.165, 1.54) is 6.92 Å². The summed E-state index contributed by atoms with van der Waals surface area (Å²) in [6.07, 6.45) is -0.367. The lowest BCUT2D eigenvalue weighted by molar-refractivity contribution is -0.406. The number of carboxylic acid groups (broad SMARTS) is 1. The highest BCUT2D eigenvalue weighted by molar-refractivity contribution is 5.99. The molecule has 1 unspecified atom stereocenters. The fourth-order valence-corrected chi connectivity index (χ4v) is 0.712. The van der Waals surface area contributed by atoms with Crippen LogP contribution in [0.1, 0.15) is 34.6 Å². The molecule has 0 saturated carbocycles. The molecule has 0 spiro atoms. The van der Waals surface area contributed by atoms with Gasteiger partial charge < -0.3 is 10.8 Å². The fourth-order valence-electron chi connectivity index (χ4n) is 0.712. The summed E-state index contributed by atoms with van der Waals surface area (Å²) >= 11 is 0. The predicted octanol–water partition coefficient (Wildman–Crippen LogP) is -0.108. The van der Waals surface area contributed by atoms with Crippen LogP contribution in [-0.2, 0) is 14.4 Å². The second kappa shape index (κ2) is 8.37. The third-order valence-corrected chi connectivity index (χ3v) is 1.27. The normalized spacial score (nSPS) is 10.4. The molecule has 5 heteroatoms. The summed E-state index contributed by atoms with van der Waals surface area (Å²) in [5.74, 6) is -1.74. The first-order valence-corrected chi connectivity index (χ1v) is 3.50. The number of aliphatic carboxylic acids is 1. The van der Waals surface area contributed by atoms with E-state index >= 15 is 0 Å². The molecule has 0 rings (SSSR count). The summed E-state index contributed by atoms with van der Waals surface area (Å²) in [6.45, 7) is 1.29. The second-order valence-corrected chi connectivity index (χ2v) is 2.66. The van der Waals surface area contributed by atoms with E-state index in [2.05, 4.69) is 5.73 Å². The van der Waals surface area contributed by atoms with Gasteiger partial charge in [-0.15, -0.1) is 0 Å². The van der Waals surface area contributed by atoms with Gasteiger partial charge in [-0.2, -0.15) is 0 Å². The standard InChI is InChI=1S/C7H11NO4.2CH4/c1-4(9)2-5(10)3-6(8)7(11)12;;/h6H,2-3,8H2,1H3,(H,11,12);2*1H4/p+1. The zero-order chi connectivity index (χ0) is 9.72. The molecular weight excluding hydrogens is 186 g/mol. The number of rotatable bonds is 5. The largest absolute Gasteiger partial charge is 0.477 e. The third kappa shape index (κ3) is 8.86. The number of Topliss-reactive ketones (excluding diaryl/α,β-unsaturated/α-hetero) is 2. The van der Waals surface area contributed by atoms with Gasteiger partial charge in [0.15, 0.2) is 6.04 Å². The van der Waals surface area contributed by atoms with Gasteiger partial charge in [-0.25, -0.2) is 4.79 Å². The van der Waals surface area contributed by atoms with E-state index in [9.17, 15) is 14.4 Å². The van der Waals surface area contributed by atoms with Crippen LogP contribution in [0.2, 0.25) is 0 Å². The molecule has 0 fully saturated rings. The first-order valence-electron chi connectivity index (χ1n) is 3.50. The van der Waals surface area contributed by atoms with Crippen LogP contribution in [0.5, 0.6) is 0 Å². The summed E-state index contributed by atoms with van der Waals surface area (Å²) < 4.78 is 0. The summed E-state index contributed by atoms with van der Waals surface area (Å²) in [7, 11) is 0. The van der Waals surface area contributed by atoms with Crippen LogP contribution in [0.25, 0.3) is 0 Å². The molecule has 0 aliphatic heterocycles. The van der Waals surface area contributed by atoms with E-state index in [1.807, 2.05) is 0 Å². The van der Waals surface area contributed by atoms with E-state index in [-0.39, 0.29) is 39.3 Å². The lowest BCUT2D eigenvalue weighted by Gasteiger charge is -2.00. The van der Waals surface area contributed by atoms with Crippen molar-refractivity contribution in [1.29, 1.82) is 0 Å². The van der Waals surface area contributed by atoms with Gasteiger partial charge >= 0.3 is 5.97 Å². The van der Waals surface area contributed by atoms with Crippen LogP contribution < -0.4 is 5.73 Å². The molecule has 0 aromatic rings. The summed E-state index contributed by atoms with van der Waals surface area (Å²) in [4.78, 5) is 31.5. The molecule has 5 nitrogen and oxygen atoms in total. The summed E-state index contributed by atoms with van der Waals surface area (Å²) in [5.41, 5.74) is 3.25. The Balaban J connectivity index is -0.000000605. The molecule has 84 valence electrons. The van der Waals surface area contributed by atoms with E-state index < -0.39 is 12.0 Å². The Bertz CT molecular complexity index is 213. The Labute approximate surface area is 84.3 Å². The van der Waals surface area contributed by atoms with E-state index in [0.717, 1.165) is 0 Å². The van der Waals surface area contributed by atoms with E-state index in [1.54, 1.807) is 0 Å². The minimum atomic E-state index is -1.12. The van der Waals surface area contributed by atoms with Crippen LogP contribution in [0, 0.1) is 0 Å². The average Bonchev–Trinajstić information content (AvgIpc) is 1.84. The molecule has 0 aromatic carbocycles. The Hall–Kier alpha value is -1.23. The highest BCUT2D eigenvalue weighted by Gasteiger charge is 2.20. The van der Waals surface area contributed by atoms with Crippen LogP contribution in [-0.4, -0.2) is 28.7 Å². The number of quaternary nitrogens is 1. The van der Waals surface area contributed by atoms with Gasteiger partial charge in [0.1, 0.15) is 11.6 Å². The van der Waals surface area contributed by atoms with Crippen molar-refractivity contribution < 1.29 is 25.2 Å². The van der Waals surface area contributed by atoms with Crippen LogP contribution in [0.15, 0.2) is 0 Å². The number of hydrogen-bond donors (Lipinski definition) is 2. The molecule has 0 bridgehead atoms. The maximum absolute atomic E-state index is 10.8. The summed E-state index contributed by atoms with van der Waals surface area (Å²) in [6, 6.07) is -0.947. The zero-order valence-corrected chi connectivity index (χ0v) is 6.87. The smallest absolute Gasteiger partial charge is 0.362 e. The van der Waals surface area contributed by atoms with Crippen molar-refractivity contribution in [2.75, 3.05) is 0 Å². The lowest BCUT2D eigenvalue weighted by atomic mass is 10.1. The van der Waals surface area contributed by atoms with Gasteiger partial charge in [0.05, 0.1) is 12.8 Å². The number of carbonyl (C=O) groups is 3. The molecule has 0 radical (unpaired) electrons. The molecule has 0 heterocycles. The van der Waals surface area contributed by atoms with Gasteiger partial charge in [-0.1, -0.05) is 14.9 Å². The first kappa shape index (κ1) is 18.5. The monoisotopic (exact) mass is 206 g/mol. The van der Waals surface area contributed by atoms with Gasteiger partial charge in [0.25, 0.3) is 0 Å². The molecule has 0 amide bonds. The van der Waals surface area contributed by atoms with E-state index in [4.69, 9.17) is 5.11 Å². The minimum absolute atomic E-state index is 0. The summed E-state index contributed by atoms with van der Waals surface area (Å²) in [5, 5.41) is 8.37. The van der Waals surface area contributed by atoms with Gasteiger partial charge in [0, 0.05) is 0 Å². The number of ketones is 2. The number of carbonyl (C=O) groups excluding carboxylic acids is 2. The van der Waals surface area contributed by atoms with Crippen molar-refractivity contribution in [3.8, 4) is 0 Å². The molecule has 0 aliphatic carbocycles. The fraction of sp³-hybridized carbons (Fsp3) is 0.667. The molecule has 14 heavy (non-hydrogen) atoms. The quantitative estimate of drug-likeness (QED) is 0.613. The van der Waals surface area contributed by atoms with Crippen molar-refractivity contribution in [3.63, 3.8) is 0 Å². The second-order valence-electron chi connectivity index (χ2n) is 2.66. The zero-order valence-electron chi connectivity index (χ0n) is 6.87. The van der Waals surface area contributed by atoms with Crippen molar-refractivity contribution >= 4 is 17.5 Å². The van der Waals surface area contributed by atoms with Crippen LogP contribution in [0.4, 0.5) is 0 Å². The Morgan fingerprint density at radius 3 is 2.00 bits per heavy atom.